The van der Waals surface area contributed by atoms with Crippen LogP contribution in [0, 0.1) is 0 Å². The second-order valence-electron chi connectivity index (χ2n) is 5.28. The molecule has 0 fully saturated rings. The van der Waals surface area contributed by atoms with Gasteiger partial charge in [-0.05, 0) is 19.4 Å². The molecule has 1 aliphatic rings. The average Bonchev–Trinajstić information content (AvgIpc) is 2.55. The Morgan fingerprint density at radius 1 is 1.29 bits per heavy atom. The van der Waals surface area contributed by atoms with Crippen molar-refractivity contribution in [1.82, 2.24) is 4.98 Å². The maximum absolute atomic E-state index is 11.5. The SMILES string of the molecule is CCOC(=O)Nc1cc2c(c(N)n1)NC(c1ccccc1)=C(C)N2. The highest BCUT2D eigenvalue weighted by molar-refractivity contribution is 5.96. The molecule has 1 aromatic heterocycles. The van der Waals surface area contributed by atoms with Crippen LogP contribution in [0.1, 0.15) is 19.4 Å². The molecule has 0 aliphatic carbocycles. The van der Waals surface area contributed by atoms with E-state index in [2.05, 4.69) is 20.9 Å². The van der Waals surface area contributed by atoms with Gasteiger partial charge in [0, 0.05) is 11.8 Å². The second-order valence-corrected chi connectivity index (χ2v) is 5.28. The zero-order valence-corrected chi connectivity index (χ0v) is 13.5. The van der Waals surface area contributed by atoms with Crippen molar-refractivity contribution in [2.45, 2.75) is 13.8 Å². The third kappa shape index (κ3) is 3.10. The van der Waals surface area contributed by atoms with Crippen molar-refractivity contribution in [2.75, 3.05) is 28.3 Å². The topological polar surface area (TPSA) is 101 Å². The Hall–Kier alpha value is -3.22. The largest absolute Gasteiger partial charge is 0.450 e. The van der Waals surface area contributed by atoms with E-state index < -0.39 is 6.09 Å². The Bertz CT molecular complexity index is 802. The Morgan fingerprint density at radius 3 is 2.75 bits per heavy atom. The molecule has 0 radical (unpaired) electrons. The molecule has 2 heterocycles. The lowest BCUT2D eigenvalue weighted by atomic mass is 10.1. The van der Waals surface area contributed by atoms with Crippen molar-refractivity contribution in [3.63, 3.8) is 0 Å². The molecule has 24 heavy (non-hydrogen) atoms. The molecule has 0 saturated carbocycles. The molecular formula is C17H19N5O2. The summed E-state index contributed by atoms with van der Waals surface area (Å²) in [5, 5.41) is 9.18. The number of amides is 1. The molecule has 0 spiro atoms. The third-order valence-corrected chi connectivity index (χ3v) is 3.56. The Morgan fingerprint density at radius 2 is 2.04 bits per heavy atom. The number of carbonyl (C=O) groups excluding carboxylic acids is 1. The molecule has 1 aromatic carbocycles. The molecule has 0 atom stereocenters. The van der Waals surface area contributed by atoms with E-state index in [1.165, 1.54) is 0 Å². The highest BCUT2D eigenvalue weighted by Gasteiger charge is 2.20. The molecule has 3 rings (SSSR count). The van der Waals surface area contributed by atoms with E-state index in [1.807, 2.05) is 37.3 Å². The molecule has 0 unspecified atom stereocenters. The Kier molecular flexibility index (Phi) is 4.24. The van der Waals surface area contributed by atoms with Gasteiger partial charge in [-0.1, -0.05) is 30.3 Å². The number of benzene rings is 1. The van der Waals surface area contributed by atoms with Gasteiger partial charge in [-0.25, -0.2) is 9.78 Å². The highest BCUT2D eigenvalue weighted by Crippen LogP contribution is 2.38. The standard InChI is InChI=1S/C17H19N5O2/c1-3-24-17(23)21-13-9-12-15(16(18)20-13)22-14(10(2)19-12)11-7-5-4-6-8-11/h4-9,19,22H,3H2,1-2H3,(H3,18,20,21,23). The van der Waals surface area contributed by atoms with Gasteiger partial charge in [0.25, 0.3) is 0 Å². The quantitative estimate of drug-likeness (QED) is 0.689. The summed E-state index contributed by atoms with van der Waals surface area (Å²) in [7, 11) is 0. The van der Waals surface area contributed by atoms with Gasteiger partial charge in [0.2, 0.25) is 0 Å². The van der Waals surface area contributed by atoms with E-state index in [0.29, 0.717) is 11.5 Å². The zero-order valence-electron chi connectivity index (χ0n) is 13.5. The Balaban J connectivity index is 1.90. The lowest BCUT2D eigenvalue weighted by molar-refractivity contribution is 0.168. The highest BCUT2D eigenvalue weighted by atomic mass is 16.5. The van der Waals surface area contributed by atoms with Crippen LogP contribution in [-0.4, -0.2) is 17.7 Å². The second kappa shape index (κ2) is 6.49. The van der Waals surface area contributed by atoms with Crippen molar-refractivity contribution in [3.05, 3.63) is 47.7 Å². The summed E-state index contributed by atoms with van der Waals surface area (Å²) in [4.78, 5) is 15.7. The van der Waals surface area contributed by atoms with Crippen LogP contribution in [0.5, 0.6) is 0 Å². The van der Waals surface area contributed by atoms with Gasteiger partial charge in [0.05, 0.1) is 18.0 Å². The number of carbonyl (C=O) groups is 1. The lowest BCUT2D eigenvalue weighted by Crippen LogP contribution is -2.19. The van der Waals surface area contributed by atoms with Crippen molar-refractivity contribution in [1.29, 1.82) is 0 Å². The number of aromatic nitrogens is 1. The molecule has 7 nitrogen and oxygen atoms in total. The fraction of sp³-hybridized carbons (Fsp3) is 0.176. The van der Waals surface area contributed by atoms with Crippen LogP contribution < -0.4 is 21.7 Å². The van der Waals surface area contributed by atoms with Gasteiger partial charge < -0.3 is 21.1 Å². The van der Waals surface area contributed by atoms with Crippen molar-refractivity contribution in [2.24, 2.45) is 0 Å². The smallest absolute Gasteiger partial charge is 0.412 e. The first-order chi connectivity index (χ1) is 11.6. The summed E-state index contributed by atoms with van der Waals surface area (Å²) >= 11 is 0. The molecule has 124 valence electrons. The van der Waals surface area contributed by atoms with Crippen LogP contribution in [0.3, 0.4) is 0 Å². The number of anilines is 4. The number of nitrogens with two attached hydrogens (primary N) is 1. The van der Waals surface area contributed by atoms with Gasteiger partial charge >= 0.3 is 6.09 Å². The van der Waals surface area contributed by atoms with Gasteiger partial charge in [0.1, 0.15) is 11.5 Å². The van der Waals surface area contributed by atoms with E-state index in [-0.39, 0.29) is 12.4 Å². The lowest BCUT2D eigenvalue weighted by Gasteiger charge is -2.26. The fourth-order valence-electron chi connectivity index (χ4n) is 2.51. The number of allylic oxidation sites excluding steroid dienone is 1. The first-order valence-electron chi connectivity index (χ1n) is 7.63. The number of nitrogens with zero attached hydrogens (tertiary/aromatic N) is 1. The van der Waals surface area contributed by atoms with Crippen LogP contribution in [0.4, 0.5) is 27.8 Å². The number of fused-ring (bicyclic) bond motifs is 1. The van der Waals surface area contributed by atoms with Gasteiger partial charge in [-0.2, -0.15) is 0 Å². The normalized spacial score (nSPS) is 12.8. The summed E-state index contributed by atoms with van der Waals surface area (Å²) in [5.74, 6) is 0.614. The van der Waals surface area contributed by atoms with Crippen LogP contribution in [0.15, 0.2) is 42.1 Å². The fourth-order valence-corrected chi connectivity index (χ4v) is 2.51. The third-order valence-electron chi connectivity index (χ3n) is 3.56. The van der Waals surface area contributed by atoms with Crippen LogP contribution in [0.25, 0.3) is 5.70 Å². The molecule has 1 amide bonds. The predicted octanol–water partition coefficient (Wildman–Crippen LogP) is 3.46. The number of rotatable bonds is 3. The summed E-state index contributed by atoms with van der Waals surface area (Å²) in [6, 6.07) is 11.6. The van der Waals surface area contributed by atoms with Gasteiger partial charge in [-0.15, -0.1) is 0 Å². The summed E-state index contributed by atoms with van der Waals surface area (Å²) in [6.45, 7) is 3.99. The zero-order chi connectivity index (χ0) is 17.1. The van der Waals surface area contributed by atoms with Crippen LogP contribution >= 0.6 is 0 Å². The van der Waals surface area contributed by atoms with E-state index in [0.717, 1.165) is 22.6 Å². The molecule has 2 aromatic rings. The van der Waals surface area contributed by atoms with E-state index in [9.17, 15) is 4.79 Å². The van der Waals surface area contributed by atoms with Gasteiger partial charge in [0.15, 0.2) is 5.82 Å². The number of hydrogen-bond donors (Lipinski definition) is 4. The van der Waals surface area contributed by atoms with E-state index >= 15 is 0 Å². The van der Waals surface area contributed by atoms with E-state index in [4.69, 9.17) is 10.5 Å². The van der Waals surface area contributed by atoms with Crippen LogP contribution in [-0.2, 0) is 4.74 Å². The van der Waals surface area contributed by atoms with E-state index in [1.54, 1.807) is 13.0 Å². The summed E-state index contributed by atoms with van der Waals surface area (Å²) in [5.41, 5.74) is 10.4. The maximum Gasteiger partial charge on any atom is 0.412 e. The summed E-state index contributed by atoms with van der Waals surface area (Å²) in [6.07, 6.45) is -0.564. The minimum atomic E-state index is -0.564. The number of nitrogens with one attached hydrogen (secondary N) is 3. The van der Waals surface area contributed by atoms with Gasteiger partial charge in [-0.3, -0.25) is 5.32 Å². The summed E-state index contributed by atoms with van der Waals surface area (Å²) < 4.78 is 4.85. The first-order valence-corrected chi connectivity index (χ1v) is 7.63. The molecule has 0 bridgehead atoms. The average molecular weight is 325 g/mol. The van der Waals surface area contributed by atoms with Crippen LogP contribution in [0.2, 0.25) is 0 Å². The maximum atomic E-state index is 11.5. The number of pyridine rings is 1. The molecule has 1 aliphatic heterocycles. The van der Waals surface area contributed by atoms with Crippen molar-refractivity contribution < 1.29 is 9.53 Å². The number of nitrogen functional groups attached to an aromatic ring is 1. The Labute approximate surface area is 139 Å². The molecule has 0 saturated heterocycles. The monoisotopic (exact) mass is 325 g/mol. The minimum Gasteiger partial charge on any atom is -0.450 e. The predicted molar refractivity (Wildman–Crippen MR) is 95.6 cm³/mol. The molecule has 7 heteroatoms. The number of hydrogen-bond acceptors (Lipinski definition) is 6. The molecular weight excluding hydrogens is 306 g/mol. The number of ether oxygens (including phenoxy) is 1. The van der Waals surface area contributed by atoms with Crippen molar-refractivity contribution in [3.8, 4) is 0 Å². The first kappa shape index (κ1) is 15.7. The van der Waals surface area contributed by atoms with Crippen molar-refractivity contribution >= 4 is 34.8 Å². The minimum absolute atomic E-state index is 0.285. The molecule has 5 N–H and O–H groups in total.